The van der Waals surface area contributed by atoms with Gasteiger partial charge in [0, 0.05) is 16.0 Å². The molecule has 2 aromatic rings. The molecule has 0 spiro atoms. The molecule has 0 bridgehead atoms. The SMILES string of the molecule is O=C(CSC1CCS(=O)(=O)C1)Nc1cccc(-c2cccc(Cl)c2)c1. The van der Waals surface area contributed by atoms with Crippen LogP contribution >= 0.6 is 23.4 Å². The molecule has 1 aliphatic heterocycles. The Hall–Kier alpha value is -1.50. The predicted molar refractivity (Wildman–Crippen MR) is 105 cm³/mol. The van der Waals surface area contributed by atoms with Gasteiger partial charge in [-0.3, -0.25) is 4.79 Å². The van der Waals surface area contributed by atoms with Crippen LogP contribution in [0.1, 0.15) is 6.42 Å². The zero-order valence-electron chi connectivity index (χ0n) is 13.4. The number of thioether (sulfide) groups is 1. The largest absolute Gasteiger partial charge is 0.325 e. The fourth-order valence-corrected chi connectivity index (χ4v) is 6.36. The van der Waals surface area contributed by atoms with Crippen LogP contribution in [0.2, 0.25) is 5.02 Å². The number of benzene rings is 2. The minimum atomic E-state index is -2.91. The van der Waals surface area contributed by atoms with Gasteiger partial charge in [-0.25, -0.2) is 8.42 Å². The number of carbonyl (C=O) groups excluding carboxylic acids is 1. The van der Waals surface area contributed by atoms with Crippen LogP contribution in [0, 0.1) is 0 Å². The Morgan fingerprint density at radius 2 is 1.88 bits per heavy atom. The summed E-state index contributed by atoms with van der Waals surface area (Å²) in [7, 11) is -2.91. The summed E-state index contributed by atoms with van der Waals surface area (Å²) in [5.74, 6) is 0.530. The van der Waals surface area contributed by atoms with Crippen LogP contribution in [0.5, 0.6) is 0 Å². The van der Waals surface area contributed by atoms with Gasteiger partial charge in [0.05, 0.1) is 17.3 Å². The van der Waals surface area contributed by atoms with Crippen molar-refractivity contribution in [3.8, 4) is 11.1 Å². The smallest absolute Gasteiger partial charge is 0.234 e. The first-order chi connectivity index (χ1) is 11.9. The molecule has 0 radical (unpaired) electrons. The number of nitrogens with one attached hydrogen (secondary N) is 1. The highest BCUT2D eigenvalue weighted by atomic mass is 35.5. The fraction of sp³-hybridized carbons (Fsp3) is 0.278. The molecular formula is C18H18ClNO3S2. The van der Waals surface area contributed by atoms with E-state index in [0.29, 0.717) is 17.1 Å². The average molecular weight is 396 g/mol. The summed E-state index contributed by atoms with van der Waals surface area (Å²) in [5, 5.41) is 3.55. The minimum Gasteiger partial charge on any atom is -0.325 e. The third kappa shape index (κ3) is 5.23. The maximum Gasteiger partial charge on any atom is 0.234 e. The van der Waals surface area contributed by atoms with Crippen LogP contribution in [0.25, 0.3) is 11.1 Å². The van der Waals surface area contributed by atoms with Crippen LogP contribution in [0.4, 0.5) is 5.69 Å². The van der Waals surface area contributed by atoms with E-state index in [9.17, 15) is 13.2 Å². The summed E-state index contributed by atoms with van der Waals surface area (Å²) in [5.41, 5.74) is 2.66. The van der Waals surface area contributed by atoms with Gasteiger partial charge in [-0.2, -0.15) is 0 Å². The first-order valence-electron chi connectivity index (χ1n) is 7.89. The molecule has 0 aromatic heterocycles. The van der Waals surface area contributed by atoms with Crippen molar-refractivity contribution in [2.75, 3.05) is 22.6 Å². The van der Waals surface area contributed by atoms with Crippen molar-refractivity contribution in [1.29, 1.82) is 0 Å². The quantitative estimate of drug-likeness (QED) is 0.834. The zero-order chi connectivity index (χ0) is 17.9. The van der Waals surface area contributed by atoms with Crippen molar-refractivity contribution in [1.82, 2.24) is 0 Å². The van der Waals surface area contributed by atoms with Crippen molar-refractivity contribution >= 4 is 44.8 Å². The number of halogens is 1. The molecule has 1 aliphatic rings. The number of hydrogen-bond acceptors (Lipinski definition) is 4. The molecule has 1 amide bonds. The molecule has 1 atom stereocenters. The topological polar surface area (TPSA) is 63.2 Å². The molecule has 1 unspecified atom stereocenters. The first kappa shape index (κ1) is 18.3. The third-order valence-electron chi connectivity index (χ3n) is 3.95. The van der Waals surface area contributed by atoms with Gasteiger partial charge in [0.1, 0.15) is 0 Å². The fourth-order valence-electron chi connectivity index (χ4n) is 2.73. The molecule has 25 heavy (non-hydrogen) atoms. The number of sulfone groups is 1. The van der Waals surface area contributed by atoms with Gasteiger partial charge in [0.25, 0.3) is 0 Å². The Labute approximate surface area is 156 Å². The average Bonchev–Trinajstić information content (AvgIpc) is 2.92. The summed E-state index contributed by atoms with van der Waals surface area (Å²) in [6.45, 7) is 0. The number of carbonyl (C=O) groups is 1. The monoisotopic (exact) mass is 395 g/mol. The molecule has 4 nitrogen and oxygen atoms in total. The highest BCUT2D eigenvalue weighted by Crippen LogP contribution is 2.26. The molecule has 1 fully saturated rings. The van der Waals surface area contributed by atoms with Crippen molar-refractivity contribution < 1.29 is 13.2 Å². The molecule has 0 aliphatic carbocycles. The maximum atomic E-state index is 12.1. The molecule has 0 saturated carbocycles. The second kappa shape index (κ2) is 7.81. The Kier molecular flexibility index (Phi) is 5.71. The van der Waals surface area contributed by atoms with Crippen molar-refractivity contribution in [2.45, 2.75) is 11.7 Å². The molecule has 1 N–H and O–H groups in total. The van der Waals surface area contributed by atoms with Gasteiger partial charge in [-0.05, 0) is 41.8 Å². The number of anilines is 1. The first-order valence-corrected chi connectivity index (χ1v) is 11.1. The summed E-state index contributed by atoms with van der Waals surface area (Å²) in [6, 6.07) is 15.1. The van der Waals surface area contributed by atoms with Gasteiger partial charge < -0.3 is 5.32 Å². The van der Waals surface area contributed by atoms with Gasteiger partial charge in [-0.1, -0.05) is 35.9 Å². The van der Waals surface area contributed by atoms with E-state index in [0.717, 1.165) is 11.1 Å². The van der Waals surface area contributed by atoms with Crippen LogP contribution in [-0.2, 0) is 14.6 Å². The van der Waals surface area contributed by atoms with Crippen molar-refractivity contribution in [2.24, 2.45) is 0 Å². The number of amides is 1. The van der Waals surface area contributed by atoms with Crippen LogP contribution in [0.3, 0.4) is 0 Å². The summed E-state index contributed by atoms with van der Waals surface area (Å²) >= 11 is 7.43. The predicted octanol–water partition coefficient (Wildman–Crippen LogP) is 3.87. The van der Waals surface area contributed by atoms with Gasteiger partial charge in [0.15, 0.2) is 9.84 Å². The lowest BCUT2D eigenvalue weighted by atomic mass is 10.1. The van der Waals surface area contributed by atoms with Crippen LogP contribution in [0.15, 0.2) is 48.5 Å². The molecular weight excluding hydrogens is 378 g/mol. The summed E-state index contributed by atoms with van der Waals surface area (Å²) in [6.07, 6.45) is 0.629. The second-order valence-corrected chi connectivity index (χ2v) is 9.93. The number of hydrogen-bond donors (Lipinski definition) is 1. The summed E-state index contributed by atoms with van der Waals surface area (Å²) in [4.78, 5) is 12.1. The Morgan fingerprint density at radius 1 is 1.16 bits per heavy atom. The minimum absolute atomic E-state index is 0.0218. The lowest BCUT2D eigenvalue weighted by Gasteiger charge is -2.10. The van der Waals surface area contributed by atoms with E-state index in [1.807, 2.05) is 48.5 Å². The Bertz CT molecular complexity index is 883. The second-order valence-electron chi connectivity index (χ2n) is 5.98. The standard InChI is InChI=1S/C18H18ClNO3S2/c19-15-5-1-3-13(9-15)14-4-2-6-16(10-14)20-18(21)11-24-17-7-8-25(22,23)12-17/h1-6,9-10,17H,7-8,11-12H2,(H,20,21). The van der Waals surface area contributed by atoms with Gasteiger partial charge in [0.2, 0.25) is 5.91 Å². The van der Waals surface area contributed by atoms with E-state index < -0.39 is 9.84 Å². The lowest BCUT2D eigenvalue weighted by Crippen LogP contribution is -2.17. The molecule has 1 heterocycles. The summed E-state index contributed by atoms with van der Waals surface area (Å²) < 4.78 is 22.9. The normalized spacial score (nSPS) is 18.8. The van der Waals surface area contributed by atoms with E-state index >= 15 is 0 Å². The number of rotatable bonds is 5. The molecule has 3 rings (SSSR count). The Balaban J connectivity index is 1.59. The van der Waals surface area contributed by atoms with E-state index in [1.54, 1.807) is 0 Å². The zero-order valence-corrected chi connectivity index (χ0v) is 15.8. The molecule has 2 aromatic carbocycles. The highest BCUT2D eigenvalue weighted by molar-refractivity contribution is 8.02. The van der Waals surface area contributed by atoms with E-state index in [1.165, 1.54) is 11.8 Å². The van der Waals surface area contributed by atoms with E-state index in [2.05, 4.69) is 5.32 Å². The third-order valence-corrected chi connectivity index (χ3v) is 7.46. The van der Waals surface area contributed by atoms with E-state index in [-0.39, 0.29) is 28.4 Å². The molecule has 1 saturated heterocycles. The molecule has 7 heteroatoms. The maximum absolute atomic E-state index is 12.1. The van der Waals surface area contributed by atoms with Gasteiger partial charge in [-0.15, -0.1) is 11.8 Å². The highest BCUT2D eigenvalue weighted by Gasteiger charge is 2.28. The molecule has 132 valence electrons. The van der Waals surface area contributed by atoms with Crippen LogP contribution < -0.4 is 5.32 Å². The lowest BCUT2D eigenvalue weighted by molar-refractivity contribution is -0.113. The van der Waals surface area contributed by atoms with Crippen molar-refractivity contribution in [3.63, 3.8) is 0 Å². The van der Waals surface area contributed by atoms with E-state index in [4.69, 9.17) is 11.6 Å². The van der Waals surface area contributed by atoms with Crippen LogP contribution in [-0.4, -0.2) is 36.8 Å². The Morgan fingerprint density at radius 3 is 2.56 bits per heavy atom. The van der Waals surface area contributed by atoms with Gasteiger partial charge >= 0.3 is 0 Å². The van der Waals surface area contributed by atoms with Crippen molar-refractivity contribution in [3.05, 3.63) is 53.6 Å².